The molecule has 0 bridgehead atoms. The second-order valence-electron chi connectivity index (χ2n) is 4.65. The number of aryl methyl sites for hydroxylation is 1. The Kier molecular flexibility index (Phi) is 4.14. The molecule has 1 saturated heterocycles. The molecule has 0 N–H and O–H groups in total. The van der Waals surface area contributed by atoms with E-state index in [1.54, 1.807) is 6.92 Å². The fraction of sp³-hybridized carbons (Fsp3) is 0.364. The number of nitro benzene ring substituents is 1. The Morgan fingerprint density at radius 2 is 2.05 bits per heavy atom. The summed E-state index contributed by atoms with van der Waals surface area (Å²) in [6.07, 6.45) is -0.301. The Morgan fingerprint density at radius 3 is 2.52 bits per heavy atom. The first kappa shape index (κ1) is 16.0. The molecule has 1 heterocycles. The van der Waals surface area contributed by atoms with Gasteiger partial charge in [0.05, 0.1) is 4.92 Å². The molecule has 21 heavy (non-hydrogen) atoms. The number of halogens is 2. The predicted octanol–water partition coefficient (Wildman–Crippen LogP) is 2.23. The fourth-order valence-electron chi connectivity index (χ4n) is 2.29. The molecule has 2 rings (SSSR count). The highest BCUT2D eigenvalue weighted by atomic mass is 35.7. The van der Waals surface area contributed by atoms with Gasteiger partial charge in [0.25, 0.3) is 5.69 Å². The standard InChI is InChI=1S/C11H10Cl2N2O5S/c1-6-2-7(12)3-9(15(17)18)11(6)14-5-8(4-10(14)16)21(13,19)20/h2-3,8H,4-5H2,1H3. The van der Waals surface area contributed by atoms with Gasteiger partial charge < -0.3 is 4.90 Å². The second-order valence-corrected chi connectivity index (χ2v) is 8.00. The number of nitrogens with zero attached hydrogens (tertiary/aromatic N) is 2. The van der Waals surface area contributed by atoms with Gasteiger partial charge in [-0.15, -0.1) is 0 Å². The Bertz CT molecular complexity index is 734. The van der Waals surface area contributed by atoms with Crippen LogP contribution in [0.2, 0.25) is 5.02 Å². The number of amides is 1. The van der Waals surface area contributed by atoms with Gasteiger partial charge in [0.2, 0.25) is 15.0 Å². The van der Waals surface area contributed by atoms with E-state index in [0.717, 1.165) is 11.0 Å². The first-order valence-electron chi connectivity index (χ1n) is 5.79. The van der Waals surface area contributed by atoms with Crippen LogP contribution >= 0.6 is 22.3 Å². The molecule has 10 heteroatoms. The van der Waals surface area contributed by atoms with Crippen LogP contribution in [0.15, 0.2) is 12.1 Å². The third-order valence-electron chi connectivity index (χ3n) is 3.20. The molecule has 0 aliphatic carbocycles. The molecule has 0 aromatic heterocycles. The average molecular weight is 353 g/mol. The molecule has 1 unspecified atom stereocenters. The Labute approximate surface area is 130 Å². The lowest BCUT2D eigenvalue weighted by atomic mass is 10.1. The number of nitro groups is 1. The number of rotatable bonds is 3. The monoisotopic (exact) mass is 352 g/mol. The highest BCUT2D eigenvalue weighted by Crippen LogP contribution is 2.38. The lowest BCUT2D eigenvalue weighted by Gasteiger charge is -2.18. The summed E-state index contributed by atoms with van der Waals surface area (Å²) < 4.78 is 22.7. The van der Waals surface area contributed by atoms with E-state index in [4.69, 9.17) is 22.3 Å². The molecule has 1 aliphatic rings. The maximum absolute atomic E-state index is 12.0. The molecule has 1 aromatic carbocycles. The predicted molar refractivity (Wildman–Crippen MR) is 78.4 cm³/mol. The van der Waals surface area contributed by atoms with E-state index < -0.39 is 25.1 Å². The van der Waals surface area contributed by atoms with Crippen molar-refractivity contribution in [2.75, 3.05) is 11.4 Å². The molecule has 1 fully saturated rings. The van der Waals surface area contributed by atoms with Crippen molar-refractivity contribution >= 4 is 48.6 Å². The summed E-state index contributed by atoms with van der Waals surface area (Å²) in [5.41, 5.74) is 0.119. The van der Waals surface area contributed by atoms with Gasteiger partial charge in [-0.05, 0) is 18.6 Å². The SMILES string of the molecule is Cc1cc(Cl)cc([N+](=O)[O-])c1N1CC(S(=O)(=O)Cl)CC1=O. The van der Waals surface area contributed by atoms with Crippen LogP contribution in [0.5, 0.6) is 0 Å². The first-order valence-corrected chi connectivity index (χ1v) is 8.54. The van der Waals surface area contributed by atoms with Crippen LogP contribution in [-0.2, 0) is 13.8 Å². The minimum atomic E-state index is -3.92. The van der Waals surface area contributed by atoms with Crippen molar-refractivity contribution in [1.82, 2.24) is 0 Å². The summed E-state index contributed by atoms with van der Waals surface area (Å²) in [6.45, 7) is 1.35. The first-order chi connectivity index (χ1) is 9.61. The summed E-state index contributed by atoms with van der Waals surface area (Å²) in [6, 6.07) is 2.60. The van der Waals surface area contributed by atoms with Crippen molar-refractivity contribution in [3.05, 3.63) is 32.8 Å². The van der Waals surface area contributed by atoms with Crippen molar-refractivity contribution in [3.8, 4) is 0 Å². The largest absolute Gasteiger partial charge is 0.305 e. The molecule has 0 saturated carbocycles. The van der Waals surface area contributed by atoms with Crippen LogP contribution < -0.4 is 4.90 Å². The zero-order valence-electron chi connectivity index (χ0n) is 10.7. The maximum Gasteiger partial charge on any atom is 0.294 e. The highest BCUT2D eigenvalue weighted by Gasteiger charge is 2.40. The lowest BCUT2D eigenvalue weighted by molar-refractivity contribution is -0.384. The van der Waals surface area contributed by atoms with Gasteiger partial charge in [0, 0.05) is 34.7 Å². The molecule has 0 spiro atoms. The summed E-state index contributed by atoms with van der Waals surface area (Å²) in [4.78, 5) is 23.5. The summed E-state index contributed by atoms with van der Waals surface area (Å²) in [7, 11) is 1.35. The van der Waals surface area contributed by atoms with E-state index in [2.05, 4.69) is 0 Å². The summed E-state index contributed by atoms with van der Waals surface area (Å²) in [5.74, 6) is -0.530. The van der Waals surface area contributed by atoms with Crippen LogP contribution in [0.1, 0.15) is 12.0 Å². The normalized spacial score (nSPS) is 19.1. The molecule has 1 aromatic rings. The van der Waals surface area contributed by atoms with Crippen LogP contribution in [0.4, 0.5) is 11.4 Å². The minimum absolute atomic E-state index is 0.0530. The van der Waals surface area contributed by atoms with E-state index in [1.807, 2.05) is 0 Å². The lowest BCUT2D eigenvalue weighted by Crippen LogP contribution is -2.28. The van der Waals surface area contributed by atoms with Gasteiger partial charge in [0.1, 0.15) is 10.9 Å². The fourth-order valence-corrected chi connectivity index (χ4v) is 3.58. The molecule has 1 atom stereocenters. The van der Waals surface area contributed by atoms with E-state index in [0.29, 0.717) is 5.56 Å². The summed E-state index contributed by atoms with van der Waals surface area (Å²) >= 11 is 5.79. The molecule has 1 aliphatic heterocycles. The van der Waals surface area contributed by atoms with Gasteiger partial charge in [0.15, 0.2) is 0 Å². The van der Waals surface area contributed by atoms with Crippen LogP contribution in [0.25, 0.3) is 0 Å². The van der Waals surface area contributed by atoms with E-state index in [-0.39, 0.29) is 29.4 Å². The molecule has 114 valence electrons. The molecular weight excluding hydrogens is 343 g/mol. The average Bonchev–Trinajstić information content (AvgIpc) is 2.70. The molecule has 7 nitrogen and oxygen atoms in total. The molecule has 1 amide bonds. The van der Waals surface area contributed by atoms with Crippen molar-refractivity contribution in [2.45, 2.75) is 18.6 Å². The zero-order chi connectivity index (χ0) is 15.9. The van der Waals surface area contributed by atoms with Crippen molar-refractivity contribution in [3.63, 3.8) is 0 Å². The smallest absolute Gasteiger partial charge is 0.294 e. The van der Waals surface area contributed by atoms with Crippen molar-refractivity contribution < 1.29 is 18.1 Å². The van der Waals surface area contributed by atoms with Gasteiger partial charge >= 0.3 is 0 Å². The molecule has 0 radical (unpaired) electrons. The number of hydrogen-bond acceptors (Lipinski definition) is 5. The Balaban J connectivity index is 2.53. The Hall–Kier alpha value is -1.38. The number of carbonyl (C=O) groups is 1. The van der Waals surface area contributed by atoms with Crippen LogP contribution in [0.3, 0.4) is 0 Å². The number of carbonyl (C=O) groups excluding carboxylic acids is 1. The third-order valence-corrected chi connectivity index (χ3v) is 5.29. The van der Waals surface area contributed by atoms with Crippen LogP contribution in [0, 0.1) is 17.0 Å². The maximum atomic E-state index is 12.0. The van der Waals surface area contributed by atoms with E-state index >= 15 is 0 Å². The minimum Gasteiger partial charge on any atom is -0.305 e. The number of benzene rings is 1. The topological polar surface area (TPSA) is 97.6 Å². The highest BCUT2D eigenvalue weighted by molar-refractivity contribution is 8.14. The van der Waals surface area contributed by atoms with Crippen molar-refractivity contribution in [1.29, 1.82) is 0 Å². The van der Waals surface area contributed by atoms with Gasteiger partial charge in [-0.25, -0.2) is 8.42 Å². The quantitative estimate of drug-likeness (QED) is 0.472. The van der Waals surface area contributed by atoms with Crippen LogP contribution in [-0.4, -0.2) is 31.0 Å². The van der Waals surface area contributed by atoms with E-state index in [1.165, 1.54) is 6.07 Å². The van der Waals surface area contributed by atoms with Gasteiger partial charge in [-0.3, -0.25) is 14.9 Å². The van der Waals surface area contributed by atoms with Crippen molar-refractivity contribution in [2.24, 2.45) is 0 Å². The number of hydrogen-bond donors (Lipinski definition) is 0. The molecular formula is C11H10Cl2N2O5S. The summed E-state index contributed by atoms with van der Waals surface area (Å²) in [5, 5.41) is 10.2. The second kappa shape index (κ2) is 5.43. The Morgan fingerprint density at radius 1 is 1.43 bits per heavy atom. The van der Waals surface area contributed by atoms with Gasteiger partial charge in [-0.2, -0.15) is 0 Å². The third kappa shape index (κ3) is 3.12. The van der Waals surface area contributed by atoms with E-state index in [9.17, 15) is 23.3 Å². The van der Waals surface area contributed by atoms with Gasteiger partial charge in [-0.1, -0.05) is 11.6 Å². The number of anilines is 1. The zero-order valence-corrected chi connectivity index (χ0v) is 13.1.